The van der Waals surface area contributed by atoms with Gasteiger partial charge in [0.2, 0.25) is 0 Å². The standard InChI is InChI=1S/C16H20N2O/c1-19-12-4-5-15-14(10-12)13-6-8-18-7-2-3-11(18)9-16(13)17-15/h4-5,10-11,17H,2-3,6-9H2,1H3. The van der Waals surface area contributed by atoms with E-state index in [4.69, 9.17) is 4.74 Å². The number of nitrogens with one attached hydrogen (secondary N) is 1. The molecule has 1 atom stereocenters. The Morgan fingerprint density at radius 2 is 2.26 bits per heavy atom. The van der Waals surface area contributed by atoms with Gasteiger partial charge in [0.25, 0.3) is 0 Å². The van der Waals surface area contributed by atoms with Crippen LogP contribution < -0.4 is 4.74 Å². The molecular formula is C16H20N2O. The Bertz CT molecular complexity index is 616. The predicted octanol–water partition coefficient (Wildman–Crippen LogP) is 2.74. The van der Waals surface area contributed by atoms with Crippen LogP contribution in [-0.2, 0) is 12.8 Å². The molecule has 1 saturated heterocycles. The second-order valence-corrected chi connectivity index (χ2v) is 5.78. The van der Waals surface area contributed by atoms with Crippen LogP contribution in [0.4, 0.5) is 0 Å². The molecule has 1 aromatic heterocycles. The van der Waals surface area contributed by atoms with Gasteiger partial charge in [0, 0.05) is 35.6 Å². The molecule has 0 bridgehead atoms. The van der Waals surface area contributed by atoms with E-state index >= 15 is 0 Å². The number of hydrogen-bond donors (Lipinski definition) is 1. The highest BCUT2D eigenvalue weighted by Crippen LogP contribution is 2.32. The summed E-state index contributed by atoms with van der Waals surface area (Å²) in [6.45, 7) is 2.50. The molecule has 1 fully saturated rings. The summed E-state index contributed by atoms with van der Waals surface area (Å²) in [5.74, 6) is 0.957. The van der Waals surface area contributed by atoms with E-state index < -0.39 is 0 Å². The zero-order valence-electron chi connectivity index (χ0n) is 11.4. The molecule has 4 rings (SSSR count). The van der Waals surface area contributed by atoms with Crippen LogP contribution >= 0.6 is 0 Å². The maximum atomic E-state index is 5.36. The molecule has 2 aliphatic rings. The van der Waals surface area contributed by atoms with Crippen LogP contribution in [0.15, 0.2) is 18.2 Å². The Balaban J connectivity index is 1.81. The van der Waals surface area contributed by atoms with Crippen LogP contribution in [0.5, 0.6) is 5.75 Å². The van der Waals surface area contributed by atoms with Crippen molar-refractivity contribution in [1.82, 2.24) is 9.88 Å². The monoisotopic (exact) mass is 256 g/mol. The Labute approximate surface area is 113 Å². The van der Waals surface area contributed by atoms with Crippen LogP contribution in [0, 0.1) is 0 Å². The molecule has 1 N–H and O–H groups in total. The number of nitrogens with zero attached hydrogens (tertiary/aromatic N) is 1. The minimum absolute atomic E-state index is 0.760. The third-order valence-corrected chi connectivity index (χ3v) is 4.79. The first-order valence-electron chi connectivity index (χ1n) is 7.26. The van der Waals surface area contributed by atoms with Gasteiger partial charge in [0.1, 0.15) is 5.75 Å². The second kappa shape index (κ2) is 4.27. The Kier molecular flexibility index (Phi) is 2.55. The van der Waals surface area contributed by atoms with Crippen molar-refractivity contribution in [2.45, 2.75) is 31.7 Å². The maximum absolute atomic E-state index is 5.36. The molecule has 0 amide bonds. The summed E-state index contributed by atoms with van der Waals surface area (Å²) < 4.78 is 5.36. The van der Waals surface area contributed by atoms with Gasteiger partial charge in [-0.15, -0.1) is 0 Å². The summed E-state index contributed by atoms with van der Waals surface area (Å²) in [7, 11) is 1.74. The van der Waals surface area contributed by atoms with Crippen molar-refractivity contribution < 1.29 is 4.74 Å². The SMILES string of the molecule is COc1ccc2[nH]c3c(c2c1)CCN1CCCC1C3. The summed E-state index contributed by atoms with van der Waals surface area (Å²) in [5, 5.41) is 1.36. The van der Waals surface area contributed by atoms with Crippen LogP contribution in [-0.4, -0.2) is 36.1 Å². The fourth-order valence-electron chi connectivity index (χ4n) is 3.78. The number of fused-ring (bicyclic) bond motifs is 4. The molecule has 3 heterocycles. The summed E-state index contributed by atoms with van der Waals surface area (Å²) in [6, 6.07) is 7.13. The molecule has 100 valence electrons. The normalized spacial score (nSPS) is 23.1. The number of aromatic nitrogens is 1. The number of aromatic amines is 1. The third kappa shape index (κ3) is 1.76. The van der Waals surface area contributed by atoms with Crippen LogP contribution in [0.3, 0.4) is 0 Å². The van der Waals surface area contributed by atoms with Gasteiger partial charge >= 0.3 is 0 Å². The van der Waals surface area contributed by atoms with E-state index in [1.54, 1.807) is 7.11 Å². The lowest BCUT2D eigenvalue weighted by molar-refractivity contribution is 0.263. The van der Waals surface area contributed by atoms with E-state index in [1.807, 2.05) is 6.07 Å². The molecule has 0 spiro atoms. The molecule has 2 aromatic rings. The lowest BCUT2D eigenvalue weighted by Crippen LogP contribution is -2.30. The van der Waals surface area contributed by atoms with Gasteiger partial charge in [0.15, 0.2) is 0 Å². The summed E-state index contributed by atoms with van der Waals surface area (Å²) in [4.78, 5) is 6.30. The summed E-state index contributed by atoms with van der Waals surface area (Å²) in [5.41, 5.74) is 4.23. The van der Waals surface area contributed by atoms with Crippen molar-refractivity contribution in [2.24, 2.45) is 0 Å². The fraction of sp³-hybridized carbons (Fsp3) is 0.500. The molecule has 0 radical (unpaired) electrons. The highest BCUT2D eigenvalue weighted by molar-refractivity contribution is 5.86. The zero-order chi connectivity index (χ0) is 12.8. The van der Waals surface area contributed by atoms with Crippen molar-refractivity contribution in [1.29, 1.82) is 0 Å². The van der Waals surface area contributed by atoms with Gasteiger partial charge in [-0.1, -0.05) is 0 Å². The van der Waals surface area contributed by atoms with Gasteiger partial charge in [-0.2, -0.15) is 0 Å². The van der Waals surface area contributed by atoms with Crippen molar-refractivity contribution in [3.8, 4) is 5.75 Å². The van der Waals surface area contributed by atoms with E-state index in [0.717, 1.165) is 11.8 Å². The number of benzene rings is 1. The Morgan fingerprint density at radius 1 is 1.32 bits per heavy atom. The summed E-state index contributed by atoms with van der Waals surface area (Å²) in [6.07, 6.45) is 5.08. The Hall–Kier alpha value is -1.48. The molecular weight excluding hydrogens is 236 g/mol. The van der Waals surface area contributed by atoms with Crippen molar-refractivity contribution >= 4 is 10.9 Å². The number of methoxy groups -OCH3 is 1. The fourth-order valence-corrected chi connectivity index (χ4v) is 3.78. The molecule has 0 aliphatic carbocycles. The lowest BCUT2D eigenvalue weighted by atomic mass is 10.0. The first-order chi connectivity index (χ1) is 9.35. The van der Waals surface area contributed by atoms with Gasteiger partial charge < -0.3 is 9.72 Å². The molecule has 19 heavy (non-hydrogen) atoms. The minimum Gasteiger partial charge on any atom is -0.497 e. The zero-order valence-corrected chi connectivity index (χ0v) is 11.4. The molecule has 2 aliphatic heterocycles. The van der Waals surface area contributed by atoms with Crippen LogP contribution in [0.1, 0.15) is 24.1 Å². The molecule has 3 nitrogen and oxygen atoms in total. The third-order valence-electron chi connectivity index (χ3n) is 4.79. The van der Waals surface area contributed by atoms with E-state index in [9.17, 15) is 0 Å². The number of ether oxygens (including phenoxy) is 1. The van der Waals surface area contributed by atoms with Gasteiger partial charge in [-0.05, 0) is 49.6 Å². The highest BCUT2D eigenvalue weighted by Gasteiger charge is 2.29. The quantitative estimate of drug-likeness (QED) is 0.849. The first kappa shape index (κ1) is 11.4. The first-order valence-corrected chi connectivity index (χ1v) is 7.26. The van der Waals surface area contributed by atoms with Gasteiger partial charge in [-0.25, -0.2) is 0 Å². The topological polar surface area (TPSA) is 28.3 Å². The average molecular weight is 256 g/mol. The highest BCUT2D eigenvalue weighted by atomic mass is 16.5. The van der Waals surface area contributed by atoms with Crippen LogP contribution in [0.25, 0.3) is 10.9 Å². The van der Waals surface area contributed by atoms with E-state index in [0.29, 0.717) is 0 Å². The van der Waals surface area contributed by atoms with Crippen LogP contribution in [0.2, 0.25) is 0 Å². The molecule has 1 unspecified atom stereocenters. The number of hydrogen-bond acceptors (Lipinski definition) is 2. The smallest absolute Gasteiger partial charge is 0.119 e. The number of rotatable bonds is 1. The molecule has 3 heteroatoms. The lowest BCUT2D eigenvalue weighted by Gasteiger charge is -2.20. The van der Waals surface area contributed by atoms with Gasteiger partial charge in [-0.3, -0.25) is 4.90 Å². The predicted molar refractivity (Wildman–Crippen MR) is 76.9 cm³/mol. The number of H-pyrrole nitrogens is 1. The van der Waals surface area contributed by atoms with Crippen molar-refractivity contribution in [3.63, 3.8) is 0 Å². The van der Waals surface area contributed by atoms with E-state index in [2.05, 4.69) is 22.0 Å². The van der Waals surface area contributed by atoms with Gasteiger partial charge in [0.05, 0.1) is 7.11 Å². The van der Waals surface area contributed by atoms with Crippen molar-refractivity contribution in [3.05, 3.63) is 29.5 Å². The minimum atomic E-state index is 0.760. The van der Waals surface area contributed by atoms with E-state index in [-0.39, 0.29) is 0 Å². The Morgan fingerprint density at radius 3 is 3.16 bits per heavy atom. The largest absolute Gasteiger partial charge is 0.497 e. The average Bonchev–Trinajstić information content (AvgIpc) is 2.97. The van der Waals surface area contributed by atoms with E-state index in [1.165, 1.54) is 60.9 Å². The second-order valence-electron chi connectivity index (χ2n) is 5.78. The maximum Gasteiger partial charge on any atom is 0.119 e. The van der Waals surface area contributed by atoms with Crippen molar-refractivity contribution in [2.75, 3.05) is 20.2 Å². The summed E-state index contributed by atoms with van der Waals surface area (Å²) >= 11 is 0. The molecule has 0 saturated carbocycles. The molecule has 1 aromatic carbocycles.